The predicted octanol–water partition coefficient (Wildman–Crippen LogP) is 5.72. The van der Waals surface area contributed by atoms with Crippen LogP contribution in [0.4, 0.5) is 4.79 Å². The van der Waals surface area contributed by atoms with Crippen LogP contribution in [-0.4, -0.2) is 95.0 Å². The molecular formula is C40H44Cl2N8O6. The molecule has 294 valence electrons. The Labute approximate surface area is 334 Å². The van der Waals surface area contributed by atoms with Gasteiger partial charge in [0.15, 0.2) is 0 Å². The third kappa shape index (κ3) is 8.10. The molecule has 0 aliphatic carbocycles. The molecule has 2 amide bonds. The minimum atomic E-state index is -0.738. The highest BCUT2D eigenvalue weighted by atomic mass is 35.5. The number of hydrogen-bond donors (Lipinski definition) is 2. The monoisotopic (exact) mass is 802 g/mol. The predicted molar refractivity (Wildman–Crippen MR) is 213 cm³/mol. The number of aliphatic hydroxyl groups is 1. The van der Waals surface area contributed by atoms with E-state index < -0.39 is 17.3 Å². The molecule has 2 saturated heterocycles. The van der Waals surface area contributed by atoms with Gasteiger partial charge in [-0.05, 0) is 58.4 Å². The van der Waals surface area contributed by atoms with E-state index in [1.807, 2.05) is 35.2 Å². The number of pyridine rings is 2. The first-order valence-corrected chi connectivity index (χ1v) is 19.0. The molecule has 0 spiro atoms. The van der Waals surface area contributed by atoms with Gasteiger partial charge in [0, 0.05) is 79.4 Å². The van der Waals surface area contributed by atoms with Crippen LogP contribution < -0.4 is 15.6 Å². The minimum Gasteiger partial charge on any atom is -0.481 e. The molecule has 16 heteroatoms. The number of hydrogen-bond acceptors (Lipinski definition) is 10. The van der Waals surface area contributed by atoms with Crippen LogP contribution in [0.1, 0.15) is 51.9 Å². The number of β-amino-alcohol motifs (C(OH)–C–C–N with tert-alkyl or cyclic N) is 1. The van der Waals surface area contributed by atoms with E-state index in [9.17, 15) is 19.5 Å². The fourth-order valence-corrected chi connectivity index (χ4v) is 7.84. The van der Waals surface area contributed by atoms with Gasteiger partial charge in [-0.25, -0.2) is 14.3 Å². The zero-order chi connectivity index (χ0) is 40.1. The van der Waals surface area contributed by atoms with Crippen molar-refractivity contribution in [2.75, 3.05) is 26.7 Å². The SMILES string of the molecule is COc1nc(-c2cccc(-c3ccnc(-c4cc5c(=O)n(C)c(CN6CC(C)(O)C6)nn5c4)c3Cl)c2Cl)ccc1CN(C[C@@H]1CCC(=O)N1)C(=O)OC(C)(C)C. The number of amides is 2. The number of carbonyl (C=O) groups excluding carboxylic acids is 2. The largest absolute Gasteiger partial charge is 0.481 e. The summed E-state index contributed by atoms with van der Waals surface area (Å²) in [6.45, 7) is 9.02. The highest BCUT2D eigenvalue weighted by Gasteiger charge is 2.37. The zero-order valence-electron chi connectivity index (χ0n) is 32.1. The van der Waals surface area contributed by atoms with Gasteiger partial charge in [0.05, 0.1) is 47.2 Å². The van der Waals surface area contributed by atoms with Crippen molar-refractivity contribution in [3.8, 4) is 39.5 Å². The molecule has 1 atom stereocenters. The number of ether oxygens (including phenoxy) is 2. The molecule has 4 aromatic heterocycles. The minimum absolute atomic E-state index is 0.0431. The van der Waals surface area contributed by atoms with E-state index in [0.717, 1.165) is 0 Å². The molecule has 1 aromatic carbocycles. The van der Waals surface area contributed by atoms with Gasteiger partial charge in [0.1, 0.15) is 16.9 Å². The highest BCUT2D eigenvalue weighted by Crippen LogP contribution is 2.42. The molecule has 0 radical (unpaired) electrons. The number of nitrogens with zero attached hydrogens (tertiary/aromatic N) is 7. The van der Waals surface area contributed by atoms with Gasteiger partial charge in [-0.1, -0.05) is 41.4 Å². The number of fused-ring (bicyclic) bond motifs is 1. The number of halogens is 2. The number of aromatic nitrogens is 5. The molecule has 56 heavy (non-hydrogen) atoms. The molecule has 2 aliphatic rings. The van der Waals surface area contributed by atoms with Gasteiger partial charge in [-0.3, -0.25) is 24.0 Å². The lowest BCUT2D eigenvalue weighted by Gasteiger charge is -2.44. The molecule has 0 unspecified atom stereocenters. The Hall–Kier alpha value is -5.02. The Morgan fingerprint density at radius 3 is 2.50 bits per heavy atom. The number of carbonyl (C=O) groups is 2. The summed E-state index contributed by atoms with van der Waals surface area (Å²) in [6.07, 6.45) is 3.89. The third-order valence-electron chi connectivity index (χ3n) is 9.83. The maximum atomic E-state index is 13.4. The van der Waals surface area contributed by atoms with E-state index in [1.165, 1.54) is 11.7 Å². The van der Waals surface area contributed by atoms with Crippen molar-refractivity contribution in [2.24, 2.45) is 7.05 Å². The smallest absolute Gasteiger partial charge is 0.410 e. The van der Waals surface area contributed by atoms with Crippen LogP contribution >= 0.6 is 23.2 Å². The maximum Gasteiger partial charge on any atom is 0.410 e. The van der Waals surface area contributed by atoms with Crippen molar-refractivity contribution >= 4 is 40.7 Å². The number of methoxy groups -OCH3 is 1. The van der Waals surface area contributed by atoms with Crippen LogP contribution in [0.2, 0.25) is 10.0 Å². The Morgan fingerprint density at radius 1 is 1.09 bits per heavy atom. The normalized spacial score (nSPS) is 16.8. The number of rotatable bonds is 10. The lowest BCUT2D eigenvalue weighted by atomic mass is 9.97. The lowest BCUT2D eigenvalue weighted by molar-refractivity contribution is -0.119. The summed E-state index contributed by atoms with van der Waals surface area (Å²) >= 11 is 14.2. The van der Waals surface area contributed by atoms with Crippen LogP contribution in [-0.2, 0) is 29.7 Å². The summed E-state index contributed by atoms with van der Waals surface area (Å²) in [6, 6.07) is 12.5. The fraction of sp³-hybridized carbons (Fsp3) is 0.400. The van der Waals surface area contributed by atoms with E-state index in [4.69, 9.17) is 42.8 Å². The second-order valence-corrected chi connectivity index (χ2v) is 16.5. The first kappa shape index (κ1) is 39.2. The van der Waals surface area contributed by atoms with Gasteiger partial charge >= 0.3 is 6.09 Å². The number of nitrogens with one attached hydrogen (secondary N) is 1. The van der Waals surface area contributed by atoms with E-state index in [-0.39, 0.29) is 30.6 Å². The van der Waals surface area contributed by atoms with Gasteiger partial charge in [-0.15, -0.1) is 0 Å². The third-order valence-corrected chi connectivity index (χ3v) is 10.6. The van der Waals surface area contributed by atoms with Crippen molar-refractivity contribution in [1.29, 1.82) is 0 Å². The second kappa shape index (κ2) is 15.1. The van der Waals surface area contributed by atoms with E-state index >= 15 is 0 Å². The summed E-state index contributed by atoms with van der Waals surface area (Å²) in [5.41, 5.74) is 2.83. The Bertz CT molecular complexity index is 2400. The Balaban J connectivity index is 1.17. The van der Waals surface area contributed by atoms with Crippen molar-refractivity contribution in [1.82, 2.24) is 39.3 Å². The molecule has 7 rings (SSSR count). The topological polar surface area (TPSA) is 156 Å². The maximum absolute atomic E-state index is 13.4. The standard InChI is InChI=1S/C40H44Cl2N8O6/c1-39(2,3)56-38(53)49(19-25-11-13-32(51)44-25)17-23-10-12-29(45-36(23)55-6)28-9-7-8-26(33(28)41)27-14-15-43-35(34(27)42)24-16-30-37(52)47(5)31(46-50(30)18-24)20-48-21-40(4,54)22-48/h7-10,12,14-16,18,25,54H,11,13,17,19-22H2,1-6H3,(H,44,51)/t25-/m0/s1. The molecule has 6 heterocycles. The Morgan fingerprint density at radius 2 is 1.82 bits per heavy atom. The average Bonchev–Trinajstić information content (AvgIpc) is 3.75. The molecule has 0 bridgehead atoms. The van der Waals surface area contributed by atoms with Crippen LogP contribution in [0.5, 0.6) is 5.88 Å². The van der Waals surface area contributed by atoms with Gasteiger partial charge < -0.3 is 24.8 Å². The number of likely N-dealkylation sites (tertiary alicyclic amines) is 1. The fourth-order valence-electron chi connectivity index (χ4n) is 7.19. The van der Waals surface area contributed by atoms with Gasteiger partial charge in [0.25, 0.3) is 5.56 Å². The summed E-state index contributed by atoms with van der Waals surface area (Å²) in [4.78, 5) is 51.6. The van der Waals surface area contributed by atoms with Crippen LogP contribution in [0.15, 0.2) is 59.7 Å². The molecule has 2 fully saturated rings. The van der Waals surface area contributed by atoms with E-state index in [2.05, 4.69) is 10.3 Å². The van der Waals surface area contributed by atoms with E-state index in [0.29, 0.717) is 98.9 Å². The van der Waals surface area contributed by atoms with E-state index in [1.54, 1.807) is 68.7 Å². The van der Waals surface area contributed by atoms with Gasteiger partial charge in [0.2, 0.25) is 11.8 Å². The first-order chi connectivity index (χ1) is 26.5. The first-order valence-electron chi connectivity index (χ1n) is 18.3. The van der Waals surface area contributed by atoms with Crippen molar-refractivity contribution in [2.45, 2.75) is 70.9 Å². The summed E-state index contributed by atoms with van der Waals surface area (Å²) in [5, 5.41) is 18.5. The number of benzene rings is 1. The molecule has 0 saturated carbocycles. The summed E-state index contributed by atoms with van der Waals surface area (Å²) in [7, 11) is 3.20. The van der Waals surface area contributed by atoms with Gasteiger partial charge in [-0.2, -0.15) is 5.10 Å². The highest BCUT2D eigenvalue weighted by molar-refractivity contribution is 6.39. The van der Waals surface area contributed by atoms with Crippen molar-refractivity contribution in [3.05, 3.63) is 86.6 Å². The second-order valence-electron chi connectivity index (χ2n) is 15.7. The molecule has 2 N–H and O–H groups in total. The van der Waals surface area contributed by atoms with Crippen LogP contribution in [0, 0.1) is 0 Å². The van der Waals surface area contributed by atoms with Crippen LogP contribution in [0.3, 0.4) is 0 Å². The van der Waals surface area contributed by atoms with Crippen molar-refractivity contribution < 1.29 is 24.2 Å². The Kier molecular flexibility index (Phi) is 10.6. The zero-order valence-corrected chi connectivity index (χ0v) is 33.6. The summed E-state index contributed by atoms with van der Waals surface area (Å²) in [5.74, 6) is 0.824. The molecule has 14 nitrogen and oxygen atoms in total. The van der Waals surface area contributed by atoms with Crippen molar-refractivity contribution in [3.63, 3.8) is 0 Å². The average molecular weight is 804 g/mol. The quantitative estimate of drug-likeness (QED) is 0.179. The summed E-state index contributed by atoms with van der Waals surface area (Å²) < 4.78 is 14.5. The van der Waals surface area contributed by atoms with Crippen LogP contribution in [0.25, 0.3) is 39.2 Å². The molecular weight excluding hydrogens is 759 g/mol. The molecule has 2 aliphatic heterocycles. The lowest BCUT2D eigenvalue weighted by Crippen LogP contribution is -2.59. The molecule has 5 aromatic rings.